The fraction of sp³-hybridized carbons (Fsp3) is 0.591. The predicted molar refractivity (Wildman–Crippen MR) is 107 cm³/mol. The second kappa shape index (κ2) is 9.32. The van der Waals surface area contributed by atoms with Crippen molar-refractivity contribution < 1.29 is 14.4 Å². The Morgan fingerprint density at radius 2 is 1.57 bits per heavy atom. The molecule has 0 aliphatic carbocycles. The zero-order valence-electron chi connectivity index (χ0n) is 16.9. The van der Waals surface area contributed by atoms with Gasteiger partial charge in [0.2, 0.25) is 17.7 Å². The van der Waals surface area contributed by atoms with E-state index in [0.717, 1.165) is 37.0 Å². The molecule has 1 aromatic rings. The second-order valence-electron chi connectivity index (χ2n) is 8.42. The van der Waals surface area contributed by atoms with Gasteiger partial charge in [-0.3, -0.25) is 24.2 Å². The van der Waals surface area contributed by atoms with Crippen LogP contribution in [0.3, 0.4) is 0 Å². The average molecular weight is 386 g/mol. The van der Waals surface area contributed by atoms with Gasteiger partial charge in [0.05, 0.1) is 0 Å². The van der Waals surface area contributed by atoms with Crippen LogP contribution in [0.4, 0.5) is 0 Å². The van der Waals surface area contributed by atoms with Gasteiger partial charge in [-0.25, -0.2) is 0 Å². The van der Waals surface area contributed by atoms with Gasteiger partial charge in [-0.15, -0.1) is 0 Å². The highest BCUT2D eigenvalue weighted by Crippen LogP contribution is 2.22. The van der Waals surface area contributed by atoms with Crippen molar-refractivity contribution in [2.24, 2.45) is 11.8 Å². The Hall–Kier alpha value is -2.21. The fourth-order valence-electron chi connectivity index (χ4n) is 4.32. The lowest BCUT2D eigenvalue weighted by atomic mass is 9.91. The van der Waals surface area contributed by atoms with E-state index in [-0.39, 0.29) is 43.5 Å². The summed E-state index contributed by atoms with van der Waals surface area (Å²) in [6.45, 7) is 8.56. The zero-order chi connectivity index (χ0) is 20.1. The van der Waals surface area contributed by atoms with Gasteiger partial charge >= 0.3 is 0 Å². The zero-order valence-corrected chi connectivity index (χ0v) is 16.9. The fourth-order valence-corrected chi connectivity index (χ4v) is 4.32. The van der Waals surface area contributed by atoms with Crippen LogP contribution in [0.15, 0.2) is 24.3 Å². The van der Waals surface area contributed by atoms with Crippen molar-refractivity contribution in [3.63, 3.8) is 0 Å². The van der Waals surface area contributed by atoms with Crippen LogP contribution in [-0.2, 0) is 27.5 Å². The molecule has 2 aliphatic heterocycles. The first-order chi connectivity index (χ1) is 13.4. The summed E-state index contributed by atoms with van der Waals surface area (Å²) in [6.07, 6.45) is 2.00. The summed E-state index contributed by atoms with van der Waals surface area (Å²) in [5.74, 6) is 1.01. The van der Waals surface area contributed by atoms with Gasteiger partial charge in [-0.2, -0.15) is 0 Å². The van der Waals surface area contributed by atoms with Crippen molar-refractivity contribution in [1.82, 2.24) is 15.1 Å². The standard InChI is InChI=1S/C22H31N3O3/c1-16-11-17(2)14-24(13-16)15-19-5-3-18(4-6-19)12-23-20(26)9-10-25-21(27)7-8-22(25)28/h3-6,16-17H,7-15H2,1-2H3,(H,23,26)/t16-,17+. The maximum absolute atomic E-state index is 12.0. The van der Waals surface area contributed by atoms with E-state index in [1.165, 1.54) is 16.9 Å². The van der Waals surface area contributed by atoms with Gasteiger partial charge in [0.25, 0.3) is 0 Å². The van der Waals surface area contributed by atoms with Crippen LogP contribution in [0.5, 0.6) is 0 Å². The lowest BCUT2D eigenvalue weighted by molar-refractivity contribution is -0.138. The molecule has 3 rings (SSSR count). The van der Waals surface area contributed by atoms with E-state index in [0.29, 0.717) is 6.54 Å². The number of likely N-dealkylation sites (tertiary alicyclic amines) is 2. The first-order valence-electron chi connectivity index (χ1n) is 10.3. The van der Waals surface area contributed by atoms with Crippen LogP contribution >= 0.6 is 0 Å². The van der Waals surface area contributed by atoms with Crippen LogP contribution in [0.2, 0.25) is 0 Å². The molecular weight excluding hydrogens is 354 g/mol. The van der Waals surface area contributed by atoms with Gasteiger partial charge < -0.3 is 5.32 Å². The number of piperidine rings is 1. The number of hydrogen-bond acceptors (Lipinski definition) is 4. The van der Waals surface area contributed by atoms with E-state index in [9.17, 15) is 14.4 Å². The number of nitrogens with zero attached hydrogens (tertiary/aromatic N) is 2. The molecule has 152 valence electrons. The molecule has 2 fully saturated rings. The molecule has 0 aromatic heterocycles. The Balaban J connectivity index is 1.41. The highest BCUT2D eigenvalue weighted by Gasteiger charge is 2.28. The van der Waals surface area contributed by atoms with Crippen LogP contribution in [-0.4, -0.2) is 47.2 Å². The molecule has 1 N–H and O–H groups in total. The van der Waals surface area contributed by atoms with Crippen molar-refractivity contribution in [3.05, 3.63) is 35.4 Å². The summed E-state index contributed by atoms with van der Waals surface area (Å²) >= 11 is 0. The molecule has 0 bridgehead atoms. The largest absolute Gasteiger partial charge is 0.352 e. The minimum absolute atomic E-state index is 0.145. The minimum Gasteiger partial charge on any atom is -0.352 e. The van der Waals surface area contributed by atoms with Gasteiger partial charge in [-0.05, 0) is 29.4 Å². The number of carbonyl (C=O) groups excluding carboxylic acids is 3. The normalized spacial score (nSPS) is 23.3. The Morgan fingerprint density at radius 3 is 2.18 bits per heavy atom. The maximum Gasteiger partial charge on any atom is 0.229 e. The molecule has 2 heterocycles. The van der Waals surface area contributed by atoms with Crippen LogP contribution in [0.1, 0.15) is 50.7 Å². The van der Waals surface area contributed by atoms with Gasteiger partial charge in [0, 0.05) is 52.0 Å². The predicted octanol–water partition coefficient (Wildman–Crippen LogP) is 2.32. The second-order valence-corrected chi connectivity index (χ2v) is 8.42. The Labute approximate surface area is 167 Å². The topological polar surface area (TPSA) is 69.7 Å². The number of benzene rings is 1. The number of amides is 3. The summed E-state index contributed by atoms with van der Waals surface area (Å²) < 4.78 is 0. The number of imide groups is 1. The molecule has 0 spiro atoms. The molecule has 2 aliphatic rings. The van der Waals surface area contributed by atoms with Gasteiger partial charge in [0.1, 0.15) is 0 Å². The van der Waals surface area contributed by atoms with Crippen molar-refractivity contribution in [3.8, 4) is 0 Å². The van der Waals surface area contributed by atoms with Crippen LogP contribution in [0.25, 0.3) is 0 Å². The third-order valence-corrected chi connectivity index (χ3v) is 5.58. The smallest absolute Gasteiger partial charge is 0.229 e. The molecule has 1 aromatic carbocycles. The van der Waals surface area contributed by atoms with E-state index in [2.05, 4.69) is 48.3 Å². The van der Waals surface area contributed by atoms with Crippen LogP contribution in [0, 0.1) is 11.8 Å². The highest BCUT2D eigenvalue weighted by molar-refractivity contribution is 6.02. The molecule has 3 amide bonds. The number of rotatable bonds is 7. The molecule has 2 atom stereocenters. The Kier molecular flexibility index (Phi) is 6.83. The van der Waals surface area contributed by atoms with E-state index in [4.69, 9.17) is 0 Å². The van der Waals surface area contributed by atoms with Crippen LogP contribution < -0.4 is 5.32 Å². The Bertz CT molecular complexity index is 690. The highest BCUT2D eigenvalue weighted by atomic mass is 16.2. The molecule has 0 saturated carbocycles. The molecule has 6 heteroatoms. The number of nitrogens with one attached hydrogen (secondary N) is 1. The summed E-state index contributed by atoms with van der Waals surface area (Å²) in [5.41, 5.74) is 2.34. The number of hydrogen-bond donors (Lipinski definition) is 1. The van der Waals surface area contributed by atoms with E-state index >= 15 is 0 Å². The SMILES string of the molecule is C[C@@H]1C[C@H](C)CN(Cc2ccc(CNC(=O)CCN3C(=O)CCC3=O)cc2)C1. The van der Waals surface area contributed by atoms with Crippen molar-refractivity contribution >= 4 is 17.7 Å². The van der Waals surface area contributed by atoms with E-state index < -0.39 is 0 Å². The van der Waals surface area contributed by atoms with Crippen molar-refractivity contribution in [2.75, 3.05) is 19.6 Å². The number of carbonyl (C=O) groups is 3. The van der Waals surface area contributed by atoms with Gasteiger partial charge in [0.15, 0.2) is 0 Å². The summed E-state index contributed by atoms with van der Waals surface area (Å²) in [7, 11) is 0. The third-order valence-electron chi connectivity index (χ3n) is 5.58. The minimum atomic E-state index is -0.175. The quantitative estimate of drug-likeness (QED) is 0.732. The molecule has 0 unspecified atom stereocenters. The average Bonchev–Trinajstić information content (AvgIpc) is 2.96. The van der Waals surface area contributed by atoms with Crippen molar-refractivity contribution in [1.29, 1.82) is 0 Å². The third kappa shape index (κ3) is 5.64. The van der Waals surface area contributed by atoms with E-state index in [1.807, 2.05) is 0 Å². The molecular formula is C22H31N3O3. The first kappa shape index (κ1) is 20.5. The molecule has 0 radical (unpaired) electrons. The maximum atomic E-state index is 12.0. The summed E-state index contributed by atoms with van der Waals surface area (Å²) in [5, 5.41) is 2.87. The van der Waals surface area contributed by atoms with E-state index in [1.54, 1.807) is 0 Å². The Morgan fingerprint density at radius 1 is 1.00 bits per heavy atom. The first-order valence-corrected chi connectivity index (χ1v) is 10.3. The summed E-state index contributed by atoms with van der Waals surface area (Å²) in [4.78, 5) is 38.8. The lowest BCUT2D eigenvalue weighted by Crippen LogP contribution is -2.38. The monoisotopic (exact) mass is 385 g/mol. The molecule has 28 heavy (non-hydrogen) atoms. The lowest BCUT2D eigenvalue weighted by Gasteiger charge is -2.35. The summed E-state index contributed by atoms with van der Waals surface area (Å²) in [6, 6.07) is 8.37. The van der Waals surface area contributed by atoms with Gasteiger partial charge in [-0.1, -0.05) is 38.1 Å². The van der Waals surface area contributed by atoms with Crippen molar-refractivity contribution in [2.45, 2.75) is 52.6 Å². The molecule has 6 nitrogen and oxygen atoms in total. The molecule has 2 saturated heterocycles.